The predicted molar refractivity (Wildman–Crippen MR) is 73.4 cm³/mol. The van der Waals surface area contributed by atoms with Crippen LogP contribution in [0.2, 0.25) is 5.02 Å². The van der Waals surface area contributed by atoms with E-state index < -0.39 is 5.72 Å². The highest BCUT2D eigenvalue weighted by atomic mass is 35.5. The lowest BCUT2D eigenvalue weighted by Crippen LogP contribution is -2.51. The molecular formula is C12H13ClN2O2S. The Labute approximate surface area is 115 Å². The van der Waals surface area contributed by atoms with Crippen LogP contribution in [0.3, 0.4) is 0 Å². The molecule has 0 radical (unpaired) electrons. The van der Waals surface area contributed by atoms with Gasteiger partial charge in [0.15, 0.2) is 10.9 Å². The molecule has 18 heavy (non-hydrogen) atoms. The number of hydrogen-bond donors (Lipinski definition) is 1. The van der Waals surface area contributed by atoms with Crippen molar-refractivity contribution in [3.05, 3.63) is 29.3 Å². The second-order valence-electron chi connectivity index (χ2n) is 4.31. The van der Waals surface area contributed by atoms with Crippen molar-refractivity contribution in [2.75, 3.05) is 25.4 Å². The van der Waals surface area contributed by atoms with E-state index in [0.717, 1.165) is 18.3 Å². The van der Waals surface area contributed by atoms with Gasteiger partial charge in [0.05, 0.1) is 17.3 Å². The normalized spacial score (nSPS) is 26.1. The van der Waals surface area contributed by atoms with E-state index in [1.807, 2.05) is 17.0 Å². The Balaban J connectivity index is 1.70. The Kier molecular flexibility index (Phi) is 3.13. The van der Waals surface area contributed by atoms with Gasteiger partial charge in [0.25, 0.3) is 0 Å². The van der Waals surface area contributed by atoms with Gasteiger partial charge in [-0.1, -0.05) is 35.5 Å². The molecule has 0 saturated carbocycles. The van der Waals surface area contributed by atoms with Crippen LogP contribution in [0.15, 0.2) is 29.3 Å². The van der Waals surface area contributed by atoms with Crippen molar-refractivity contribution in [1.82, 2.24) is 4.90 Å². The van der Waals surface area contributed by atoms with Crippen molar-refractivity contribution >= 4 is 28.5 Å². The first-order valence-electron chi connectivity index (χ1n) is 5.74. The molecule has 1 fully saturated rings. The highest BCUT2D eigenvalue weighted by Gasteiger charge is 2.45. The summed E-state index contributed by atoms with van der Waals surface area (Å²) >= 11 is 7.59. The Morgan fingerprint density at radius 1 is 1.50 bits per heavy atom. The third-order valence-corrected chi connectivity index (χ3v) is 4.56. The van der Waals surface area contributed by atoms with Crippen LogP contribution in [0.25, 0.3) is 0 Å². The largest absolute Gasteiger partial charge is 0.487 e. The SMILES string of the molecule is OC1(COc2ccccc2Cl)CSC2=NCCN21. The summed E-state index contributed by atoms with van der Waals surface area (Å²) in [7, 11) is 0. The molecule has 1 aromatic rings. The van der Waals surface area contributed by atoms with Gasteiger partial charge in [-0.25, -0.2) is 0 Å². The number of thioether (sulfide) groups is 1. The Hall–Kier alpha value is -0.910. The Morgan fingerprint density at radius 3 is 3.17 bits per heavy atom. The summed E-state index contributed by atoms with van der Waals surface area (Å²) in [6, 6.07) is 7.28. The van der Waals surface area contributed by atoms with Gasteiger partial charge in [-0.2, -0.15) is 0 Å². The molecule has 1 saturated heterocycles. The molecule has 0 spiro atoms. The molecule has 3 rings (SSSR count). The van der Waals surface area contributed by atoms with Crippen LogP contribution in [0.4, 0.5) is 0 Å². The maximum atomic E-state index is 10.6. The second kappa shape index (κ2) is 4.64. The number of rotatable bonds is 3. The number of halogens is 1. The number of hydrogen-bond acceptors (Lipinski definition) is 5. The molecule has 6 heteroatoms. The number of aliphatic hydroxyl groups is 1. The molecular weight excluding hydrogens is 272 g/mol. The monoisotopic (exact) mass is 284 g/mol. The zero-order valence-corrected chi connectivity index (χ0v) is 11.2. The Bertz CT molecular complexity index is 497. The molecule has 0 amide bonds. The third-order valence-electron chi connectivity index (χ3n) is 3.03. The Morgan fingerprint density at radius 2 is 2.33 bits per heavy atom. The first kappa shape index (κ1) is 12.1. The lowest BCUT2D eigenvalue weighted by molar-refractivity contribution is -0.0694. The lowest BCUT2D eigenvalue weighted by Gasteiger charge is -2.31. The fourth-order valence-corrected chi connectivity index (χ4v) is 3.46. The standard InChI is InChI=1S/C12H13ClN2O2S/c13-9-3-1-2-4-10(9)17-7-12(16)8-18-11-14-5-6-15(11)12/h1-4,16H,5-8H2. The van der Waals surface area contributed by atoms with Crippen molar-refractivity contribution in [1.29, 1.82) is 0 Å². The molecule has 0 bridgehead atoms. The van der Waals surface area contributed by atoms with Crippen molar-refractivity contribution < 1.29 is 9.84 Å². The van der Waals surface area contributed by atoms with E-state index in [4.69, 9.17) is 16.3 Å². The summed E-state index contributed by atoms with van der Waals surface area (Å²) < 4.78 is 5.64. The zero-order valence-electron chi connectivity index (χ0n) is 9.67. The second-order valence-corrected chi connectivity index (χ2v) is 5.66. The van der Waals surface area contributed by atoms with E-state index in [-0.39, 0.29) is 6.61 Å². The number of aliphatic imine (C=N–C) groups is 1. The average molecular weight is 285 g/mol. The lowest BCUT2D eigenvalue weighted by atomic mass is 10.2. The minimum atomic E-state index is -0.973. The molecule has 4 nitrogen and oxygen atoms in total. The maximum absolute atomic E-state index is 10.6. The molecule has 2 aliphatic heterocycles. The first-order valence-corrected chi connectivity index (χ1v) is 7.10. The van der Waals surface area contributed by atoms with Gasteiger partial charge in [-0.15, -0.1) is 0 Å². The quantitative estimate of drug-likeness (QED) is 0.920. The highest BCUT2D eigenvalue weighted by Crippen LogP contribution is 2.34. The van der Waals surface area contributed by atoms with Gasteiger partial charge >= 0.3 is 0 Å². The van der Waals surface area contributed by atoms with E-state index in [1.54, 1.807) is 23.9 Å². The van der Waals surface area contributed by atoms with Gasteiger partial charge in [0.2, 0.25) is 0 Å². The van der Waals surface area contributed by atoms with Crippen LogP contribution in [0, 0.1) is 0 Å². The number of para-hydroxylation sites is 1. The van der Waals surface area contributed by atoms with E-state index in [2.05, 4.69) is 4.99 Å². The average Bonchev–Trinajstić information content (AvgIpc) is 2.94. The fraction of sp³-hybridized carbons (Fsp3) is 0.417. The number of benzene rings is 1. The van der Waals surface area contributed by atoms with Crippen molar-refractivity contribution in [2.24, 2.45) is 4.99 Å². The van der Waals surface area contributed by atoms with Gasteiger partial charge in [0.1, 0.15) is 12.4 Å². The van der Waals surface area contributed by atoms with E-state index in [9.17, 15) is 5.11 Å². The molecule has 1 aromatic carbocycles. The van der Waals surface area contributed by atoms with Crippen LogP contribution < -0.4 is 4.74 Å². The zero-order chi connectivity index (χ0) is 12.6. The molecule has 2 heterocycles. The topological polar surface area (TPSA) is 45.1 Å². The summed E-state index contributed by atoms with van der Waals surface area (Å²) in [5.74, 6) is 1.18. The summed E-state index contributed by atoms with van der Waals surface area (Å²) in [5, 5.41) is 12.0. The minimum absolute atomic E-state index is 0.197. The van der Waals surface area contributed by atoms with Crippen molar-refractivity contribution in [2.45, 2.75) is 5.72 Å². The molecule has 1 atom stereocenters. The minimum Gasteiger partial charge on any atom is -0.487 e. The molecule has 1 N–H and O–H groups in total. The van der Waals surface area contributed by atoms with Crippen LogP contribution >= 0.6 is 23.4 Å². The molecule has 96 valence electrons. The predicted octanol–water partition coefficient (Wildman–Crippen LogP) is 1.83. The molecule has 0 aromatic heterocycles. The number of nitrogens with zero attached hydrogens (tertiary/aromatic N) is 2. The van der Waals surface area contributed by atoms with Crippen LogP contribution in [-0.2, 0) is 0 Å². The maximum Gasteiger partial charge on any atom is 0.184 e. The number of amidine groups is 1. The highest BCUT2D eigenvalue weighted by molar-refractivity contribution is 8.14. The summed E-state index contributed by atoms with van der Waals surface area (Å²) in [6.45, 7) is 1.70. The van der Waals surface area contributed by atoms with E-state index >= 15 is 0 Å². The van der Waals surface area contributed by atoms with Gasteiger partial charge < -0.3 is 14.7 Å². The first-order chi connectivity index (χ1) is 8.69. The molecule has 2 aliphatic rings. The molecule has 1 unspecified atom stereocenters. The van der Waals surface area contributed by atoms with Crippen LogP contribution in [0.5, 0.6) is 5.75 Å². The third kappa shape index (κ3) is 2.06. The van der Waals surface area contributed by atoms with Crippen molar-refractivity contribution in [3.63, 3.8) is 0 Å². The smallest absolute Gasteiger partial charge is 0.184 e. The van der Waals surface area contributed by atoms with Crippen LogP contribution in [0.1, 0.15) is 0 Å². The number of ether oxygens (including phenoxy) is 1. The summed E-state index contributed by atoms with van der Waals surface area (Å²) in [4.78, 5) is 6.24. The van der Waals surface area contributed by atoms with E-state index in [1.165, 1.54) is 0 Å². The summed E-state index contributed by atoms with van der Waals surface area (Å²) in [6.07, 6.45) is 0. The van der Waals surface area contributed by atoms with Gasteiger partial charge in [-0.3, -0.25) is 4.99 Å². The van der Waals surface area contributed by atoms with Gasteiger partial charge in [0, 0.05) is 6.54 Å². The fourth-order valence-electron chi connectivity index (χ4n) is 2.07. The van der Waals surface area contributed by atoms with Crippen LogP contribution in [-0.4, -0.2) is 46.3 Å². The molecule has 0 aliphatic carbocycles. The van der Waals surface area contributed by atoms with Gasteiger partial charge in [-0.05, 0) is 12.1 Å². The van der Waals surface area contributed by atoms with Crippen molar-refractivity contribution in [3.8, 4) is 5.75 Å². The number of fused-ring (bicyclic) bond motifs is 1. The van der Waals surface area contributed by atoms with E-state index in [0.29, 0.717) is 16.5 Å². The summed E-state index contributed by atoms with van der Waals surface area (Å²) in [5.41, 5.74) is -0.973.